The van der Waals surface area contributed by atoms with Crippen LogP contribution >= 0.6 is 23.1 Å². The number of methoxy groups -OCH3 is 1. The molecule has 1 amide bonds. The van der Waals surface area contributed by atoms with E-state index in [9.17, 15) is 9.18 Å². The maximum absolute atomic E-state index is 13.0. The van der Waals surface area contributed by atoms with Gasteiger partial charge < -0.3 is 14.5 Å². The van der Waals surface area contributed by atoms with Crippen LogP contribution < -0.4 is 9.64 Å². The number of piperazine rings is 1. The number of benzene rings is 2. The maximum atomic E-state index is 13.0. The first-order valence-corrected chi connectivity index (χ1v) is 11.7. The molecule has 0 saturated carbocycles. The topological polar surface area (TPSA) is 45.7 Å². The standard InChI is InChI=1S/C22H24FN3O2S2/c1-15-3-8-18(28-2)20-21(15)30-22(24-20)26-12-10-25(11-13-26)19(27)9-14-29-17-6-4-16(23)5-7-17/h3-8H,9-14H2,1-2H3. The van der Waals surface area contributed by atoms with Crippen molar-refractivity contribution in [2.45, 2.75) is 18.2 Å². The van der Waals surface area contributed by atoms with E-state index in [0.717, 1.165) is 39.1 Å². The van der Waals surface area contributed by atoms with E-state index in [1.165, 1.54) is 17.7 Å². The first-order chi connectivity index (χ1) is 14.5. The highest BCUT2D eigenvalue weighted by Crippen LogP contribution is 2.36. The molecule has 158 valence electrons. The van der Waals surface area contributed by atoms with Crippen molar-refractivity contribution in [1.82, 2.24) is 9.88 Å². The van der Waals surface area contributed by atoms with Gasteiger partial charge in [0.15, 0.2) is 5.13 Å². The lowest BCUT2D eigenvalue weighted by Crippen LogP contribution is -2.48. The highest BCUT2D eigenvalue weighted by molar-refractivity contribution is 7.99. The summed E-state index contributed by atoms with van der Waals surface area (Å²) in [4.78, 5) is 22.5. The smallest absolute Gasteiger partial charge is 0.223 e. The molecule has 8 heteroatoms. The van der Waals surface area contributed by atoms with Gasteiger partial charge >= 0.3 is 0 Å². The van der Waals surface area contributed by atoms with Gasteiger partial charge in [0.1, 0.15) is 17.1 Å². The molecule has 0 aliphatic carbocycles. The second-order valence-corrected chi connectivity index (χ2v) is 9.32. The number of halogens is 1. The van der Waals surface area contributed by atoms with Crippen molar-refractivity contribution < 1.29 is 13.9 Å². The lowest BCUT2D eigenvalue weighted by molar-refractivity contribution is -0.131. The molecule has 0 radical (unpaired) electrons. The van der Waals surface area contributed by atoms with Crippen LogP contribution in [0.1, 0.15) is 12.0 Å². The Bertz CT molecular complexity index is 1030. The van der Waals surface area contributed by atoms with Crippen LogP contribution in [0.3, 0.4) is 0 Å². The first kappa shape index (κ1) is 20.9. The van der Waals surface area contributed by atoms with Gasteiger partial charge in [-0.05, 0) is 42.8 Å². The molecule has 1 aromatic heterocycles. The fourth-order valence-electron chi connectivity index (χ4n) is 3.49. The second kappa shape index (κ2) is 9.22. The Hall–Kier alpha value is -2.32. The lowest BCUT2D eigenvalue weighted by atomic mass is 10.2. The fourth-order valence-corrected chi connectivity index (χ4v) is 5.43. The number of ether oxygens (including phenoxy) is 1. The van der Waals surface area contributed by atoms with Crippen molar-refractivity contribution in [2.75, 3.05) is 43.9 Å². The first-order valence-electron chi connectivity index (χ1n) is 9.90. The average molecular weight is 446 g/mol. The van der Waals surface area contributed by atoms with E-state index >= 15 is 0 Å². The van der Waals surface area contributed by atoms with Crippen LogP contribution in [-0.4, -0.2) is 54.8 Å². The van der Waals surface area contributed by atoms with Crippen LogP contribution in [0, 0.1) is 12.7 Å². The molecule has 3 aromatic rings. The Morgan fingerprint density at radius 3 is 2.60 bits per heavy atom. The van der Waals surface area contributed by atoms with Crippen LogP contribution in [0.4, 0.5) is 9.52 Å². The van der Waals surface area contributed by atoms with Gasteiger partial charge in [-0.25, -0.2) is 9.37 Å². The Labute approximate surface area is 183 Å². The van der Waals surface area contributed by atoms with Gasteiger partial charge in [-0.2, -0.15) is 0 Å². The van der Waals surface area contributed by atoms with Crippen LogP contribution in [0.5, 0.6) is 5.75 Å². The number of fused-ring (bicyclic) bond motifs is 1. The summed E-state index contributed by atoms with van der Waals surface area (Å²) in [5.41, 5.74) is 2.11. The molecule has 1 aliphatic rings. The van der Waals surface area contributed by atoms with Crippen molar-refractivity contribution in [3.05, 3.63) is 47.8 Å². The highest BCUT2D eigenvalue weighted by Gasteiger charge is 2.23. The Kier molecular flexibility index (Phi) is 6.43. The van der Waals surface area contributed by atoms with E-state index in [1.807, 2.05) is 11.0 Å². The summed E-state index contributed by atoms with van der Waals surface area (Å²) < 4.78 is 19.6. The van der Waals surface area contributed by atoms with Crippen molar-refractivity contribution in [2.24, 2.45) is 0 Å². The molecule has 4 rings (SSSR count). The highest BCUT2D eigenvalue weighted by atomic mass is 32.2. The summed E-state index contributed by atoms with van der Waals surface area (Å²) in [7, 11) is 1.67. The predicted molar refractivity (Wildman–Crippen MR) is 121 cm³/mol. The van der Waals surface area contributed by atoms with Gasteiger partial charge in [-0.15, -0.1) is 11.8 Å². The molecule has 2 heterocycles. The fraction of sp³-hybridized carbons (Fsp3) is 0.364. The number of aromatic nitrogens is 1. The molecule has 0 N–H and O–H groups in total. The van der Waals surface area contributed by atoms with E-state index < -0.39 is 0 Å². The summed E-state index contributed by atoms with van der Waals surface area (Å²) >= 11 is 3.26. The molecule has 0 atom stereocenters. The van der Waals surface area contributed by atoms with Gasteiger partial charge in [0.2, 0.25) is 5.91 Å². The number of nitrogens with zero attached hydrogens (tertiary/aromatic N) is 3. The van der Waals surface area contributed by atoms with Crippen LogP contribution in [0.15, 0.2) is 41.3 Å². The quantitative estimate of drug-likeness (QED) is 0.520. The van der Waals surface area contributed by atoms with Crippen LogP contribution in [0.25, 0.3) is 10.2 Å². The predicted octanol–water partition coefficient (Wildman–Crippen LogP) is 4.58. The molecular formula is C22H24FN3O2S2. The zero-order valence-electron chi connectivity index (χ0n) is 17.1. The molecule has 1 aliphatic heterocycles. The van der Waals surface area contributed by atoms with E-state index in [2.05, 4.69) is 17.9 Å². The maximum Gasteiger partial charge on any atom is 0.223 e. The number of carbonyl (C=O) groups is 1. The number of anilines is 1. The van der Waals surface area contributed by atoms with Crippen molar-refractivity contribution in [3.8, 4) is 5.75 Å². The summed E-state index contributed by atoms with van der Waals surface area (Å²) in [5.74, 6) is 1.42. The third-order valence-electron chi connectivity index (χ3n) is 5.21. The van der Waals surface area contributed by atoms with Gasteiger partial charge in [-0.1, -0.05) is 17.4 Å². The minimum atomic E-state index is -0.241. The van der Waals surface area contributed by atoms with Gasteiger partial charge in [0.05, 0.1) is 11.8 Å². The molecule has 0 unspecified atom stereocenters. The summed E-state index contributed by atoms with van der Waals surface area (Å²) in [5, 5.41) is 0.983. The Balaban J connectivity index is 1.31. The van der Waals surface area contributed by atoms with Crippen LogP contribution in [-0.2, 0) is 4.79 Å². The SMILES string of the molecule is COc1ccc(C)c2sc(N3CCN(C(=O)CCSc4ccc(F)cc4)CC3)nc12. The third-order valence-corrected chi connectivity index (χ3v) is 7.48. The summed E-state index contributed by atoms with van der Waals surface area (Å²) in [6, 6.07) is 10.4. The number of hydrogen-bond donors (Lipinski definition) is 0. The van der Waals surface area contributed by atoms with Gasteiger partial charge in [0.25, 0.3) is 0 Å². The van der Waals surface area contributed by atoms with E-state index in [1.54, 1.807) is 42.3 Å². The van der Waals surface area contributed by atoms with Gasteiger partial charge in [0, 0.05) is 43.2 Å². The molecule has 30 heavy (non-hydrogen) atoms. The largest absolute Gasteiger partial charge is 0.494 e. The average Bonchev–Trinajstić information content (AvgIpc) is 3.22. The van der Waals surface area contributed by atoms with Crippen molar-refractivity contribution in [3.63, 3.8) is 0 Å². The number of aryl methyl sites for hydroxylation is 1. The monoisotopic (exact) mass is 445 g/mol. The van der Waals surface area contributed by atoms with Crippen LogP contribution in [0.2, 0.25) is 0 Å². The molecular weight excluding hydrogens is 421 g/mol. The third kappa shape index (κ3) is 4.54. The zero-order chi connectivity index (χ0) is 21.1. The summed E-state index contributed by atoms with van der Waals surface area (Å²) in [6.45, 7) is 5.04. The Morgan fingerprint density at radius 2 is 1.90 bits per heavy atom. The number of carbonyl (C=O) groups excluding carboxylic acids is 1. The molecule has 0 bridgehead atoms. The molecule has 2 aromatic carbocycles. The molecule has 1 fully saturated rings. The lowest BCUT2D eigenvalue weighted by Gasteiger charge is -2.34. The molecule has 0 spiro atoms. The number of rotatable bonds is 6. The minimum Gasteiger partial charge on any atom is -0.494 e. The number of thiazole rings is 1. The molecule has 1 saturated heterocycles. The van der Waals surface area contributed by atoms with E-state index in [4.69, 9.17) is 9.72 Å². The molecule has 5 nitrogen and oxygen atoms in total. The Morgan fingerprint density at radius 1 is 1.17 bits per heavy atom. The number of thioether (sulfide) groups is 1. The van der Waals surface area contributed by atoms with E-state index in [-0.39, 0.29) is 11.7 Å². The number of amides is 1. The zero-order valence-corrected chi connectivity index (χ0v) is 18.7. The van der Waals surface area contributed by atoms with Crippen molar-refractivity contribution in [1.29, 1.82) is 0 Å². The summed E-state index contributed by atoms with van der Waals surface area (Å²) in [6.07, 6.45) is 0.486. The second-order valence-electron chi connectivity index (χ2n) is 7.18. The van der Waals surface area contributed by atoms with Crippen molar-refractivity contribution >= 4 is 44.4 Å². The van der Waals surface area contributed by atoms with E-state index in [0.29, 0.717) is 25.3 Å². The minimum absolute atomic E-state index is 0.172. The number of hydrogen-bond acceptors (Lipinski definition) is 6. The van der Waals surface area contributed by atoms with Gasteiger partial charge in [-0.3, -0.25) is 4.79 Å². The normalized spacial score (nSPS) is 14.4.